The van der Waals surface area contributed by atoms with Gasteiger partial charge in [0, 0.05) is 24.5 Å². The van der Waals surface area contributed by atoms with E-state index in [1.807, 2.05) is 11.8 Å². The van der Waals surface area contributed by atoms with Crippen LogP contribution in [-0.2, 0) is 4.74 Å². The summed E-state index contributed by atoms with van der Waals surface area (Å²) in [6.45, 7) is 4.04. The lowest BCUT2D eigenvalue weighted by Gasteiger charge is -2.27. The molecule has 32 heavy (non-hydrogen) atoms. The minimum Gasteiger partial charge on any atom is -0.382 e. The van der Waals surface area contributed by atoms with Gasteiger partial charge in [0.05, 0.1) is 18.4 Å². The number of nitrogens with zero attached hydrogens (tertiary/aromatic N) is 2. The van der Waals surface area contributed by atoms with E-state index < -0.39 is 7.92 Å². The molecule has 2 aromatic rings. The molecule has 1 saturated heterocycles. The second kappa shape index (κ2) is 11.3. The third kappa shape index (κ3) is 5.20. The molecule has 2 atom stereocenters. The van der Waals surface area contributed by atoms with Crippen LogP contribution in [-0.4, -0.2) is 48.5 Å². The number of ether oxygens (including phenoxy) is 1. The molecule has 5 heteroatoms. The van der Waals surface area contributed by atoms with Crippen molar-refractivity contribution in [2.45, 2.75) is 37.5 Å². The molecule has 0 amide bonds. The Morgan fingerprint density at radius 2 is 1.78 bits per heavy atom. The normalized spacial score (nSPS) is 19.9. The average molecular weight is 465 g/mol. The molecule has 0 N–H and O–H groups in total. The average Bonchev–Trinajstić information content (AvgIpc) is 3.48. The van der Waals surface area contributed by atoms with E-state index in [1.54, 1.807) is 7.11 Å². The van der Waals surface area contributed by atoms with Crippen molar-refractivity contribution in [3.8, 4) is 0 Å². The Balaban J connectivity index is 1.81. The van der Waals surface area contributed by atoms with Crippen molar-refractivity contribution in [2.75, 3.05) is 26.5 Å². The van der Waals surface area contributed by atoms with Gasteiger partial charge in [-0.3, -0.25) is 5.01 Å². The van der Waals surface area contributed by atoms with Crippen molar-refractivity contribution >= 4 is 36.0 Å². The van der Waals surface area contributed by atoms with Crippen LogP contribution in [0.5, 0.6) is 0 Å². The van der Waals surface area contributed by atoms with E-state index in [1.165, 1.54) is 33.6 Å². The fraction of sp³-hybridized carbons (Fsp3) is 0.370. The van der Waals surface area contributed by atoms with Crippen molar-refractivity contribution in [1.82, 2.24) is 5.01 Å². The van der Waals surface area contributed by atoms with Gasteiger partial charge < -0.3 is 4.74 Å². The summed E-state index contributed by atoms with van der Waals surface area (Å²) in [5, 5.41) is 12.2. The Labute approximate surface area is 198 Å². The third-order valence-electron chi connectivity index (χ3n) is 6.16. The highest BCUT2D eigenvalue weighted by Gasteiger charge is 2.29. The number of rotatable bonds is 9. The van der Waals surface area contributed by atoms with Gasteiger partial charge in [0.25, 0.3) is 0 Å². The van der Waals surface area contributed by atoms with E-state index >= 15 is 0 Å². The number of methoxy groups -OCH3 is 1. The second-order valence-electron chi connectivity index (χ2n) is 8.25. The van der Waals surface area contributed by atoms with Crippen LogP contribution in [0.1, 0.15) is 26.2 Å². The molecule has 1 fully saturated rings. The Hall–Kier alpha value is -1.87. The maximum atomic E-state index is 5.49. The lowest BCUT2D eigenvalue weighted by atomic mass is 10.1. The largest absolute Gasteiger partial charge is 0.382 e. The molecule has 168 valence electrons. The van der Waals surface area contributed by atoms with Crippen molar-refractivity contribution < 1.29 is 4.74 Å². The van der Waals surface area contributed by atoms with Crippen molar-refractivity contribution in [1.29, 1.82) is 0 Å². The zero-order chi connectivity index (χ0) is 22.3. The van der Waals surface area contributed by atoms with Gasteiger partial charge in [-0.05, 0) is 56.3 Å². The van der Waals surface area contributed by atoms with Gasteiger partial charge in [0.15, 0.2) is 0 Å². The first-order chi connectivity index (χ1) is 15.7. The fourth-order valence-electron chi connectivity index (χ4n) is 4.47. The van der Waals surface area contributed by atoms with Gasteiger partial charge in [-0.1, -0.05) is 72.8 Å². The lowest BCUT2D eigenvalue weighted by molar-refractivity contribution is 0.118. The Morgan fingerprint density at radius 3 is 2.38 bits per heavy atom. The smallest absolute Gasteiger partial charge is 0.0807 e. The molecule has 0 spiro atoms. The molecule has 0 aromatic heterocycles. The predicted octanol–water partition coefficient (Wildman–Crippen LogP) is 5.55. The first kappa shape index (κ1) is 23.3. The molecule has 3 nitrogen and oxygen atoms in total. The summed E-state index contributed by atoms with van der Waals surface area (Å²) < 4.78 is 5.49. The monoisotopic (exact) mass is 464 g/mol. The number of benzene rings is 2. The molecular weight excluding hydrogens is 431 g/mol. The van der Waals surface area contributed by atoms with Crippen LogP contribution >= 0.6 is 19.7 Å². The van der Waals surface area contributed by atoms with Crippen molar-refractivity contribution in [3.63, 3.8) is 0 Å². The summed E-state index contributed by atoms with van der Waals surface area (Å²) in [7, 11) is 1.19. The molecule has 1 aliphatic heterocycles. The zero-order valence-corrected chi connectivity index (χ0v) is 21.0. The number of hydrogen-bond donors (Lipinski definition) is 0. The van der Waals surface area contributed by atoms with E-state index in [4.69, 9.17) is 9.84 Å². The standard InChI is InChI=1S/C27H33N2OPS/c1-21(32-3)27(28-29-19-11-12-22(29)20-30-2)25-17-10-18-26(25)31(23-13-6-4-7-14-23)24-15-8-5-9-16-24/h4-10,13-17,21-22H,11-12,18-20H2,1-3H3/b28-27+. The van der Waals surface area contributed by atoms with Gasteiger partial charge in [-0.25, -0.2) is 0 Å². The van der Waals surface area contributed by atoms with Crippen LogP contribution in [0.15, 0.2) is 88.8 Å². The number of hydrogen-bond acceptors (Lipinski definition) is 4. The second-order valence-corrected chi connectivity index (χ2v) is 11.7. The predicted molar refractivity (Wildman–Crippen MR) is 142 cm³/mol. The summed E-state index contributed by atoms with van der Waals surface area (Å²) in [4.78, 5) is 0. The van der Waals surface area contributed by atoms with Gasteiger partial charge in [-0.15, -0.1) is 0 Å². The van der Waals surface area contributed by atoms with Gasteiger partial charge >= 0.3 is 0 Å². The topological polar surface area (TPSA) is 24.8 Å². The van der Waals surface area contributed by atoms with Crippen molar-refractivity contribution in [3.05, 3.63) is 83.7 Å². The Kier molecular flexibility index (Phi) is 8.24. The molecule has 1 heterocycles. The molecule has 2 aliphatic rings. The molecule has 0 radical (unpaired) electrons. The molecule has 2 unspecified atom stereocenters. The van der Waals surface area contributed by atoms with Crippen LogP contribution in [0.3, 0.4) is 0 Å². The lowest BCUT2D eigenvalue weighted by Crippen LogP contribution is -2.31. The highest BCUT2D eigenvalue weighted by Crippen LogP contribution is 2.49. The highest BCUT2D eigenvalue weighted by molar-refractivity contribution is 7.99. The van der Waals surface area contributed by atoms with E-state index in [-0.39, 0.29) is 0 Å². The molecule has 2 aromatic carbocycles. The Bertz CT molecular complexity index is 934. The minimum absolute atomic E-state index is 0.329. The molecule has 1 aliphatic carbocycles. The summed E-state index contributed by atoms with van der Waals surface area (Å²) in [5.74, 6) is 0. The third-order valence-corrected chi connectivity index (χ3v) is 9.68. The SMILES string of the molecule is COCC1CCCN1/N=C(/C1=C(P(c2ccccc2)c2ccccc2)CC=C1)C(C)SC. The number of hydrazone groups is 1. The summed E-state index contributed by atoms with van der Waals surface area (Å²) in [5.41, 5.74) is 2.55. The van der Waals surface area contributed by atoms with Crippen LogP contribution in [0, 0.1) is 0 Å². The fourth-order valence-corrected chi connectivity index (χ4v) is 7.45. The molecule has 4 rings (SSSR count). The highest BCUT2D eigenvalue weighted by atomic mass is 32.2. The number of allylic oxidation sites excluding steroid dienone is 4. The molecule has 0 bridgehead atoms. The number of thioether (sulfide) groups is 1. The zero-order valence-electron chi connectivity index (χ0n) is 19.3. The first-order valence-corrected chi connectivity index (χ1v) is 14.0. The minimum atomic E-state index is -0.605. The van der Waals surface area contributed by atoms with Gasteiger partial charge in [-0.2, -0.15) is 16.9 Å². The maximum absolute atomic E-state index is 5.49. The molecular formula is C27H33N2OPS. The van der Waals surface area contributed by atoms with E-state index in [2.05, 4.69) is 91.0 Å². The molecule has 0 saturated carbocycles. The maximum Gasteiger partial charge on any atom is 0.0807 e. The van der Waals surface area contributed by atoms with Crippen molar-refractivity contribution in [2.24, 2.45) is 5.10 Å². The van der Waals surface area contributed by atoms with E-state index in [0.717, 1.165) is 26.0 Å². The Morgan fingerprint density at radius 1 is 1.12 bits per heavy atom. The van der Waals surface area contributed by atoms with E-state index in [9.17, 15) is 0 Å². The van der Waals surface area contributed by atoms with Gasteiger partial charge in [0.1, 0.15) is 0 Å². The van der Waals surface area contributed by atoms with Crippen LogP contribution in [0.25, 0.3) is 0 Å². The van der Waals surface area contributed by atoms with E-state index in [0.29, 0.717) is 11.3 Å². The van der Waals surface area contributed by atoms with Crippen LogP contribution in [0.4, 0.5) is 0 Å². The van der Waals surface area contributed by atoms with Crippen LogP contribution in [0.2, 0.25) is 0 Å². The summed E-state index contributed by atoms with van der Waals surface area (Å²) in [6.07, 6.45) is 10.2. The summed E-state index contributed by atoms with van der Waals surface area (Å²) in [6, 6.07) is 22.4. The quantitative estimate of drug-likeness (QED) is 0.359. The van der Waals surface area contributed by atoms with Gasteiger partial charge in [0.2, 0.25) is 0 Å². The summed E-state index contributed by atoms with van der Waals surface area (Å²) >= 11 is 1.87. The first-order valence-electron chi connectivity index (χ1n) is 11.4. The van der Waals surface area contributed by atoms with Crippen LogP contribution < -0.4 is 10.6 Å².